The predicted octanol–water partition coefficient (Wildman–Crippen LogP) is 6.55. The maximum absolute atomic E-state index is 11.8. The summed E-state index contributed by atoms with van der Waals surface area (Å²) < 4.78 is 17.8. The molecule has 6 heteroatoms. The van der Waals surface area contributed by atoms with Crippen molar-refractivity contribution in [3.63, 3.8) is 0 Å². The topological polar surface area (TPSA) is 44.8 Å². The Morgan fingerprint density at radius 2 is 1.78 bits per heavy atom. The molecule has 0 bridgehead atoms. The van der Waals surface area contributed by atoms with Gasteiger partial charge in [-0.05, 0) is 54.0 Å². The number of carbonyl (C=O) groups excluding carboxylic acids is 1. The van der Waals surface area contributed by atoms with Crippen molar-refractivity contribution in [1.29, 1.82) is 0 Å². The number of ether oxygens (including phenoxy) is 2. The first-order valence-electron chi connectivity index (χ1n) is 8.81. The molecule has 4 nitrogen and oxygen atoms in total. The summed E-state index contributed by atoms with van der Waals surface area (Å²) in [6.07, 6.45) is 0. The molecule has 0 unspecified atom stereocenters. The van der Waals surface area contributed by atoms with Gasteiger partial charge in [0.05, 0.1) is 19.3 Å². The van der Waals surface area contributed by atoms with E-state index in [0.29, 0.717) is 23.7 Å². The van der Waals surface area contributed by atoms with E-state index in [-0.39, 0.29) is 5.04 Å². The maximum Gasteiger partial charge on any atom is 0.338 e. The molecule has 0 heterocycles. The molecule has 2 aromatic rings. The van der Waals surface area contributed by atoms with E-state index >= 15 is 0 Å². The average molecular weight is 451 g/mol. The van der Waals surface area contributed by atoms with E-state index in [4.69, 9.17) is 13.9 Å². The second-order valence-electron chi connectivity index (χ2n) is 7.97. The maximum atomic E-state index is 11.8. The molecule has 2 aromatic carbocycles. The minimum atomic E-state index is -1.81. The van der Waals surface area contributed by atoms with Gasteiger partial charge in [0.2, 0.25) is 0 Å². The van der Waals surface area contributed by atoms with Crippen molar-refractivity contribution in [2.75, 3.05) is 7.11 Å². The van der Waals surface area contributed by atoms with Crippen LogP contribution in [0.25, 0.3) is 0 Å². The van der Waals surface area contributed by atoms with Crippen LogP contribution in [0.5, 0.6) is 11.5 Å². The number of rotatable bonds is 6. The molecular formula is C21H27BrO4Si. The van der Waals surface area contributed by atoms with Gasteiger partial charge in [0, 0.05) is 4.47 Å². The van der Waals surface area contributed by atoms with Gasteiger partial charge < -0.3 is 13.9 Å². The Labute approximate surface area is 171 Å². The third-order valence-electron chi connectivity index (χ3n) is 4.83. The molecule has 0 saturated heterocycles. The van der Waals surface area contributed by atoms with Crippen molar-refractivity contribution in [3.05, 3.63) is 58.1 Å². The molecule has 0 radical (unpaired) electrons. The Hall–Kier alpha value is -1.63. The molecular weight excluding hydrogens is 424 g/mol. The number of carbonyl (C=O) groups is 1. The Balaban J connectivity index is 2.14. The second kappa shape index (κ2) is 8.58. The van der Waals surface area contributed by atoms with Crippen LogP contribution in [-0.4, -0.2) is 21.4 Å². The molecule has 0 saturated carbocycles. The molecule has 0 aliphatic rings. The van der Waals surface area contributed by atoms with Crippen LogP contribution in [0.3, 0.4) is 0 Å². The number of benzene rings is 2. The number of halogens is 1. The summed E-state index contributed by atoms with van der Waals surface area (Å²) in [4.78, 5) is 11.8. The van der Waals surface area contributed by atoms with E-state index in [9.17, 15) is 4.79 Å². The average Bonchev–Trinajstić information content (AvgIpc) is 2.58. The molecule has 146 valence electrons. The van der Waals surface area contributed by atoms with Crippen molar-refractivity contribution in [2.45, 2.75) is 45.5 Å². The Bertz CT molecular complexity index is 812. The van der Waals surface area contributed by atoms with Crippen molar-refractivity contribution in [3.8, 4) is 11.5 Å². The largest absolute Gasteiger partial charge is 0.465 e. The van der Waals surface area contributed by atoms with E-state index in [1.165, 1.54) is 7.11 Å². The summed E-state index contributed by atoms with van der Waals surface area (Å²) in [6.45, 7) is 11.7. The van der Waals surface area contributed by atoms with Gasteiger partial charge in [-0.25, -0.2) is 4.79 Å². The van der Waals surface area contributed by atoms with E-state index < -0.39 is 14.3 Å². The lowest BCUT2D eigenvalue weighted by Gasteiger charge is -2.36. The summed E-state index contributed by atoms with van der Waals surface area (Å²) in [5.74, 6) is 0.852. The second-order valence-corrected chi connectivity index (χ2v) is 13.7. The van der Waals surface area contributed by atoms with Crippen LogP contribution in [0, 0.1) is 0 Å². The molecule has 0 N–H and O–H groups in total. The number of hydrogen-bond acceptors (Lipinski definition) is 4. The van der Waals surface area contributed by atoms with Crippen molar-refractivity contribution in [1.82, 2.24) is 0 Å². The van der Waals surface area contributed by atoms with Gasteiger partial charge in [-0.3, -0.25) is 0 Å². The van der Waals surface area contributed by atoms with Gasteiger partial charge in [-0.1, -0.05) is 48.8 Å². The first kappa shape index (κ1) is 21.7. The van der Waals surface area contributed by atoms with E-state index in [1.807, 2.05) is 30.3 Å². The summed E-state index contributed by atoms with van der Waals surface area (Å²) in [6, 6.07) is 13.0. The lowest BCUT2D eigenvalue weighted by molar-refractivity contribution is 0.0600. The lowest BCUT2D eigenvalue weighted by atomic mass is 10.2. The summed E-state index contributed by atoms with van der Waals surface area (Å²) in [7, 11) is -0.453. The Kier molecular flexibility index (Phi) is 6.89. The van der Waals surface area contributed by atoms with Crippen molar-refractivity contribution < 1.29 is 18.7 Å². The summed E-state index contributed by atoms with van der Waals surface area (Å²) in [5, 5.41) is 0.168. The van der Waals surface area contributed by atoms with Crippen LogP contribution < -0.4 is 4.74 Å². The highest BCUT2D eigenvalue weighted by molar-refractivity contribution is 9.10. The SMILES string of the molecule is COC(=O)c1cc(Br)cc(Oc2cccc(CO[Si](C)(C)C(C)(C)C)c2)c1. The predicted molar refractivity (Wildman–Crippen MR) is 114 cm³/mol. The first-order chi connectivity index (χ1) is 12.5. The molecule has 0 fully saturated rings. The van der Waals surface area contributed by atoms with Crippen LogP contribution in [0.4, 0.5) is 0 Å². The molecule has 0 aromatic heterocycles. The van der Waals surface area contributed by atoms with Crippen LogP contribution in [-0.2, 0) is 15.8 Å². The molecule has 0 aliphatic heterocycles. The van der Waals surface area contributed by atoms with Crippen LogP contribution in [0.1, 0.15) is 36.7 Å². The fourth-order valence-electron chi connectivity index (χ4n) is 2.17. The third-order valence-corrected chi connectivity index (χ3v) is 9.77. The zero-order chi connectivity index (χ0) is 20.2. The highest BCUT2D eigenvalue weighted by Crippen LogP contribution is 2.37. The van der Waals surface area contributed by atoms with Gasteiger partial charge >= 0.3 is 5.97 Å². The Morgan fingerprint density at radius 1 is 1.07 bits per heavy atom. The molecule has 0 spiro atoms. The van der Waals surface area contributed by atoms with Gasteiger partial charge in [-0.2, -0.15) is 0 Å². The minimum Gasteiger partial charge on any atom is -0.465 e. The van der Waals surface area contributed by atoms with Crippen LogP contribution in [0.15, 0.2) is 46.9 Å². The fraction of sp³-hybridized carbons (Fsp3) is 0.381. The fourth-order valence-corrected chi connectivity index (χ4v) is 3.61. The monoisotopic (exact) mass is 450 g/mol. The van der Waals surface area contributed by atoms with Crippen LogP contribution in [0.2, 0.25) is 18.1 Å². The van der Waals surface area contributed by atoms with Gasteiger partial charge in [0.15, 0.2) is 8.32 Å². The van der Waals surface area contributed by atoms with E-state index in [0.717, 1.165) is 10.0 Å². The van der Waals surface area contributed by atoms with Crippen molar-refractivity contribution in [2.24, 2.45) is 0 Å². The number of esters is 1. The molecule has 27 heavy (non-hydrogen) atoms. The summed E-state index contributed by atoms with van der Waals surface area (Å²) in [5.41, 5.74) is 1.49. The molecule has 0 atom stereocenters. The molecule has 0 amide bonds. The smallest absolute Gasteiger partial charge is 0.338 e. The normalized spacial score (nSPS) is 12.0. The van der Waals surface area contributed by atoms with E-state index in [2.05, 4.69) is 49.8 Å². The highest BCUT2D eigenvalue weighted by Gasteiger charge is 2.37. The molecule has 0 aliphatic carbocycles. The van der Waals surface area contributed by atoms with Crippen LogP contribution >= 0.6 is 15.9 Å². The Morgan fingerprint density at radius 3 is 2.41 bits per heavy atom. The van der Waals surface area contributed by atoms with Crippen molar-refractivity contribution >= 4 is 30.2 Å². The molecule has 2 rings (SSSR count). The standard InChI is InChI=1S/C21H27BrO4Si/c1-21(2,3)27(5,6)25-14-15-8-7-9-18(10-15)26-19-12-16(20(23)24-4)11-17(22)13-19/h7-13H,14H2,1-6H3. The lowest BCUT2D eigenvalue weighted by Crippen LogP contribution is -2.40. The van der Waals surface area contributed by atoms with E-state index in [1.54, 1.807) is 12.1 Å². The van der Waals surface area contributed by atoms with Gasteiger partial charge in [0.1, 0.15) is 11.5 Å². The third kappa shape index (κ3) is 5.92. The minimum absolute atomic E-state index is 0.168. The number of methoxy groups -OCH3 is 1. The van der Waals surface area contributed by atoms with Gasteiger partial charge in [-0.15, -0.1) is 0 Å². The zero-order valence-corrected chi connectivity index (χ0v) is 19.3. The summed E-state index contributed by atoms with van der Waals surface area (Å²) >= 11 is 3.40. The van der Waals surface area contributed by atoms with Gasteiger partial charge in [0.25, 0.3) is 0 Å². The zero-order valence-electron chi connectivity index (χ0n) is 16.8. The highest BCUT2D eigenvalue weighted by atomic mass is 79.9. The first-order valence-corrected chi connectivity index (χ1v) is 12.5. The number of hydrogen-bond donors (Lipinski definition) is 0. The quantitative estimate of drug-likeness (QED) is 0.369.